The highest BCUT2D eigenvalue weighted by molar-refractivity contribution is 5.96. The van der Waals surface area contributed by atoms with Crippen LogP contribution < -0.4 is 5.32 Å². The second-order valence-electron chi connectivity index (χ2n) is 7.32. The highest BCUT2D eigenvalue weighted by atomic mass is 16.3. The molecule has 1 fully saturated rings. The third-order valence-electron chi connectivity index (χ3n) is 4.41. The van der Waals surface area contributed by atoms with Crippen molar-refractivity contribution in [1.29, 1.82) is 0 Å². The van der Waals surface area contributed by atoms with Crippen molar-refractivity contribution in [2.45, 2.75) is 32.3 Å². The molecular weight excluding hydrogens is 308 g/mol. The van der Waals surface area contributed by atoms with E-state index in [-0.39, 0.29) is 42.8 Å². The Morgan fingerprint density at radius 2 is 1.83 bits per heavy atom. The number of hydrogen-bond acceptors (Lipinski definition) is 4. The fourth-order valence-electron chi connectivity index (χ4n) is 2.73. The Balaban J connectivity index is 1.88. The monoisotopic (exact) mass is 334 g/mol. The van der Waals surface area contributed by atoms with Gasteiger partial charge in [-0.25, -0.2) is 0 Å². The van der Waals surface area contributed by atoms with Crippen molar-refractivity contribution >= 4 is 11.8 Å². The van der Waals surface area contributed by atoms with Gasteiger partial charge < -0.3 is 20.4 Å². The van der Waals surface area contributed by atoms with Crippen molar-refractivity contribution < 1.29 is 19.8 Å². The number of carbonyl (C=O) groups is 2. The van der Waals surface area contributed by atoms with E-state index in [4.69, 9.17) is 5.11 Å². The van der Waals surface area contributed by atoms with E-state index in [0.717, 1.165) is 5.56 Å². The molecule has 2 unspecified atom stereocenters. The first kappa shape index (κ1) is 18.4. The number of nitrogens with one attached hydrogen (secondary N) is 1. The molecule has 1 saturated heterocycles. The maximum Gasteiger partial charge on any atom is 0.251 e. The lowest BCUT2D eigenvalue weighted by Crippen LogP contribution is -2.39. The van der Waals surface area contributed by atoms with E-state index in [1.807, 2.05) is 12.1 Å². The van der Waals surface area contributed by atoms with E-state index >= 15 is 0 Å². The van der Waals surface area contributed by atoms with Gasteiger partial charge in [-0.2, -0.15) is 0 Å². The molecule has 24 heavy (non-hydrogen) atoms. The number of benzene rings is 1. The molecule has 1 aromatic carbocycles. The van der Waals surface area contributed by atoms with Gasteiger partial charge in [-0.05, 0) is 23.1 Å². The zero-order valence-electron chi connectivity index (χ0n) is 14.5. The molecule has 0 aromatic heterocycles. The molecule has 2 rings (SSSR count). The van der Waals surface area contributed by atoms with Gasteiger partial charge in [0.15, 0.2) is 0 Å². The fraction of sp³-hybridized carbons (Fsp3) is 0.556. The van der Waals surface area contributed by atoms with Gasteiger partial charge in [0.25, 0.3) is 5.91 Å². The summed E-state index contributed by atoms with van der Waals surface area (Å²) in [6.07, 6.45) is -0.709. The summed E-state index contributed by atoms with van der Waals surface area (Å²) >= 11 is 0. The number of rotatable bonds is 4. The second-order valence-corrected chi connectivity index (χ2v) is 7.32. The molecule has 6 nitrogen and oxygen atoms in total. The average molecular weight is 334 g/mol. The highest BCUT2D eigenvalue weighted by Gasteiger charge is 2.33. The van der Waals surface area contributed by atoms with E-state index in [1.165, 1.54) is 4.90 Å². The number of aliphatic hydroxyl groups excluding tert-OH is 2. The van der Waals surface area contributed by atoms with Crippen LogP contribution in [0.25, 0.3) is 0 Å². The SMILES string of the molecule is CC(C)(C)c1ccc(C(=O)NCC(=O)N2CC(O)C(CO)C2)cc1. The van der Waals surface area contributed by atoms with Crippen molar-refractivity contribution in [3.8, 4) is 0 Å². The zero-order chi connectivity index (χ0) is 17.9. The summed E-state index contributed by atoms with van der Waals surface area (Å²) in [5, 5.41) is 21.4. The maximum absolute atomic E-state index is 12.1. The molecule has 1 aliphatic heterocycles. The summed E-state index contributed by atoms with van der Waals surface area (Å²) in [6, 6.07) is 7.34. The highest BCUT2D eigenvalue weighted by Crippen LogP contribution is 2.22. The molecule has 1 heterocycles. The molecule has 2 atom stereocenters. The lowest BCUT2D eigenvalue weighted by Gasteiger charge is -2.19. The topological polar surface area (TPSA) is 89.9 Å². The molecule has 132 valence electrons. The Morgan fingerprint density at radius 1 is 1.21 bits per heavy atom. The smallest absolute Gasteiger partial charge is 0.251 e. The third-order valence-corrected chi connectivity index (χ3v) is 4.41. The van der Waals surface area contributed by atoms with E-state index in [1.54, 1.807) is 12.1 Å². The summed E-state index contributed by atoms with van der Waals surface area (Å²) in [5.74, 6) is -0.874. The summed E-state index contributed by atoms with van der Waals surface area (Å²) in [4.78, 5) is 25.7. The van der Waals surface area contributed by atoms with Gasteiger partial charge in [-0.3, -0.25) is 9.59 Å². The van der Waals surface area contributed by atoms with Crippen LogP contribution in [0.4, 0.5) is 0 Å². The minimum Gasteiger partial charge on any atom is -0.396 e. The predicted molar refractivity (Wildman–Crippen MR) is 90.6 cm³/mol. The fourth-order valence-corrected chi connectivity index (χ4v) is 2.73. The molecule has 2 amide bonds. The van der Waals surface area contributed by atoms with Gasteiger partial charge in [-0.1, -0.05) is 32.9 Å². The van der Waals surface area contributed by atoms with Crippen molar-refractivity contribution in [1.82, 2.24) is 10.2 Å². The molecule has 3 N–H and O–H groups in total. The van der Waals surface area contributed by atoms with Crippen LogP contribution in [0.15, 0.2) is 24.3 Å². The van der Waals surface area contributed by atoms with Crippen LogP contribution in [0.1, 0.15) is 36.7 Å². The zero-order valence-corrected chi connectivity index (χ0v) is 14.5. The third kappa shape index (κ3) is 4.33. The number of aliphatic hydroxyl groups is 2. The summed E-state index contributed by atoms with van der Waals surface area (Å²) < 4.78 is 0. The van der Waals surface area contributed by atoms with Crippen LogP contribution in [-0.4, -0.2) is 59.3 Å². The van der Waals surface area contributed by atoms with Crippen LogP contribution in [0.3, 0.4) is 0 Å². The largest absolute Gasteiger partial charge is 0.396 e. The van der Waals surface area contributed by atoms with Gasteiger partial charge in [-0.15, -0.1) is 0 Å². The maximum atomic E-state index is 12.1. The first-order valence-electron chi connectivity index (χ1n) is 8.18. The van der Waals surface area contributed by atoms with Gasteiger partial charge in [0.1, 0.15) is 0 Å². The lowest BCUT2D eigenvalue weighted by molar-refractivity contribution is -0.129. The molecule has 6 heteroatoms. The van der Waals surface area contributed by atoms with Crippen LogP contribution in [0.5, 0.6) is 0 Å². The first-order valence-corrected chi connectivity index (χ1v) is 8.18. The van der Waals surface area contributed by atoms with E-state index in [2.05, 4.69) is 26.1 Å². The predicted octanol–water partition coefficient (Wildman–Crippen LogP) is 0.526. The number of amides is 2. The normalized spacial score (nSPS) is 21.0. The molecule has 1 aromatic rings. The van der Waals surface area contributed by atoms with E-state index < -0.39 is 6.10 Å². The number of carbonyl (C=O) groups excluding carboxylic acids is 2. The Kier molecular flexibility index (Phi) is 5.62. The summed E-state index contributed by atoms with van der Waals surface area (Å²) in [7, 11) is 0. The van der Waals surface area contributed by atoms with Crippen LogP contribution in [0.2, 0.25) is 0 Å². The van der Waals surface area contributed by atoms with E-state index in [9.17, 15) is 14.7 Å². The Morgan fingerprint density at radius 3 is 2.33 bits per heavy atom. The Bertz CT molecular complexity index is 592. The number of nitrogens with zero attached hydrogens (tertiary/aromatic N) is 1. The first-order chi connectivity index (χ1) is 11.2. The Labute approximate surface area is 142 Å². The van der Waals surface area contributed by atoms with Crippen molar-refractivity contribution in [3.63, 3.8) is 0 Å². The summed E-state index contributed by atoms with van der Waals surface area (Å²) in [6.45, 7) is 6.54. The minimum atomic E-state index is -0.709. The molecule has 1 aliphatic rings. The van der Waals surface area contributed by atoms with Gasteiger partial charge in [0.2, 0.25) is 5.91 Å². The minimum absolute atomic E-state index is 0.0187. The van der Waals surface area contributed by atoms with Crippen molar-refractivity contribution in [2.24, 2.45) is 5.92 Å². The standard InChI is InChI=1S/C18H26N2O4/c1-18(2,3)14-6-4-12(5-7-14)17(24)19-8-16(23)20-9-13(11-21)15(22)10-20/h4-7,13,15,21-22H,8-11H2,1-3H3,(H,19,24). The number of hydrogen-bond donors (Lipinski definition) is 3. The van der Waals surface area contributed by atoms with Gasteiger partial charge in [0, 0.05) is 24.6 Å². The number of likely N-dealkylation sites (tertiary alicyclic amines) is 1. The van der Waals surface area contributed by atoms with Gasteiger partial charge >= 0.3 is 0 Å². The quantitative estimate of drug-likeness (QED) is 0.749. The second kappa shape index (κ2) is 7.32. The average Bonchev–Trinajstić information content (AvgIpc) is 2.92. The Hall–Kier alpha value is -1.92. The molecule has 0 radical (unpaired) electrons. The molecule has 0 saturated carbocycles. The lowest BCUT2D eigenvalue weighted by atomic mass is 9.87. The van der Waals surface area contributed by atoms with Crippen molar-refractivity contribution in [3.05, 3.63) is 35.4 Å². The molecule has 0 spiro atoms. The molecular formula is C18H26N2O4. The summed E-state index contributed by atoms with van der Waals surface area (Å²) in [5.41, 5.74) is 1.66. The van der Waals surface area contributed by atoms with Crippen molar-refractivity contribution in [2.75, 3.05) is 26.2 Å². The van der Waals surface area contributed by atoms with Crippen LogP contribution in [-0.2, 0) is 10.2 Å². The number of β-amino-alcohol motifs (C(OH)–C–C–N with tert-alkyl or cyclic N) is 1. The van der Waals surface area contributed by atoms with Crippen LogP contribution in [0, 0.1) is 5.92 Å². The van der Waals surface area contributed by atoms with Crippen LogP contribution >= 0.6 is 0 Å². The van der Waals surface area contributed by atoms with E-state index in [0.29, 0.717) is 12.1 Å². The molecule has 0 bridgehead atoms. The molecule has 0 aliphatic carbocycles. The van der Waals surface area contributed by atoms with Gasteiger partial charge in [0.05, 0.1) is 19.3 Å².